The molecule has 0 amide bonds. The Bertz CT molecular complexity index is 575. The van der Waals surface area contributed by atoms with Crippen LogP contribution in [0.3, 0.4) is 0 Å². The van der Waals surface area contributed by atoms with Crippen molar-refractivity contribution in [3.05, 3.63) is 40.4 Å². The molecule has 0 saturated carbocycles. The number of carbonyl (C=O) groups excluding carboxylic acids is 1. The summed E-state index contributed by atoms with van der Waals surface area (Å²) in [6.07, 6.45) is 0.354. The highest BCUT2D eigenvalue weighted by Crippen LogP contribution is 2.29. The highest BCUT2D eigenvalue weighted by atomic mass is 32.1. The Kier molecular flexibility index (Phi) is 4.29. The third-order valence-corrected chi connectivity index (χ3v) is 3.84. The number of nitrogens with zero attached hydrogens (tertiary/aromatic N) is 1. The molecule has 0 atom stereocenters. The lowest BCUT2D eigenvalue weighted by Gasteiger charge is -1.97. The van der Waals surface area contributed by atoms with Crippen molar-refractivity contribution in [2.75, 3.05) is 13.7 Å². The van der Waals surface area contributed by atoms with Gasteiger partial charge in [0.1, 0.15) is 9.88 Å². The van der Waals surface area contributed by atoms with Crippen LogP contribution in [0.4, 0.5) is 0 Å². The molecule has 4 nitrogen and oxygen atoms in total. The Hall–Kier alpha value is -1.72. The Labute approximate surface area is 115 Å². The molecule has 2 rings (SSSR count). The van der Waals surface area contributed by atoms with Gasteiger partial charge in [0, 0.05) is 18.6 Å². The zero-order valence-electron chi connectivity index (χ0n) is 10.8. The summed E-state index contributed by atoms with van der Waals surface area (Å²) in [5.74, 6) is -0.403. The number of aromatic nitrogens is 1. The smallest absolute Gasteiger partial charge is 0.349 e. The van der Waals surface area contributed by atoms with Crippen LogP contribution >= 0.6 is 11.3 Å². The van der Waals surface area contributed by atoms with Crippen LogP contribution < -0.4 is 0 Å². The van der Waals surface area contributed by atoms with Gasteiger partial charge in [-0.1, -0.05) is 29.8 Å². The number of ether oxygens (including phenoxy) is 1. The molecule has 0 bridgehead atoms. The number of aliphatic hydroxyl groups excluding tert-OH is 1. The number of esters is 1. The molecule has 1 aromatic heterocycles. The number of hydrogen-bond donors (Lipinski definition) is 1. The molecule has 0 saturated heterocycles. The van der Waals surface area contributed by atoms with E-state index in [0.29, 0.717) is 17.0 Å². The highest BCUT2D eigenvalue weighted by molar-refractivity contribution is 7.17. The number of carbonyl (C=O) groups is 1. The molecule has 1 N–H and O–H groups in total. The molecule has 0 unspecified atom stereocenters. The number of benzene rings is 1. The number of thiazole rings is 1. The molecule has 0 aliphatic carbocycles. The van der Waals surface area contributed by atoms with E-state index in [4.69, 9.17) is 9.84 Å². The van der Waals surface area contributed by atoms with Gasteiger partial charge in [-0.2, -0.15) is 0 Å². The van der Waals surface area contributed by atoms with Crippen LogP contribution in [0.5, 0.6) is 0 Å². The maximum atomic E-state index is 11.7. The van der Waals surface area contributed by atoms with Gasteiger partial charge in [0.2, 0.25) is 0 Å². The number of aryl methyl sites for hydroxylation is 1. The maximum Gasteiger partial charge on any atom is 0.349 e. The number of hydrogen-bond acceptors (Lipinski definition) is 5. The van der Waals surface area contributed by atoms with Crippen LogP contribution in [0.25, 0.3) is 10.6 Å². The summed E-state index contributed by atoms with van der Waals surface area (Å²) in [5.41, 5.74) is 2.73. The Balaban J connectivity index is 2.41. The predicted octanol–water partition coefficient (Wildman–Crippen LogP) is 2.44. The topological polar surface area (TPSA) is 59.4 Å². The van der Waals surface area contributed by atoms with E-state index in [1.54, 1.807) is 0 Å². The van der Waals surface area contributed by atoms with Crippen LogP contribution in [-0.2, 0) is 11.2 Å². The largest absolute Gasteiger partial charge is 0.465 e. The summed E-state index contributed by atoms with van der Waals surface area (Å²) in [5, 5.41) is 9.79. The van der Waals surface area contributed by atoms with Crippen LogP contribution in [0.15, 0.2) is 24.3 Å². The second-order valence-electron chi connectivity index (χ2n) is 4.13. The minimum Gasteiger partial charge on any atom is -0.465 e. The molecule has 0 radical (unpaired) electrons. The average Bonchev–Trinajstić information content (AvgIpc) is 2.83. The van der Waals surface area contributed by atoms with E-state index in [0.717, 1.165) is 10.6 Å². The van der Waals surface area contributed by atoms with Gasteiger partial charge in [-0.15, -0.1) is 11.3 Å². The first-order valence-corrected chi connectivity index (χ1v) is 6.73. The Morgan fingerprint density at radius 2 is 2.05 bits per heavy atom. The number of rotatable bonds is 4. The van der Waals surface area contributed by atoms with Crippen LogP contribution in [-0.4, -0.2) is 29.8 Å². The molecule has 0 fully saturated rings. The van der Waals surface area contributed by atoms with E-state index in [-0.39, 0.29) is 6.61 Å². The molecule has 2 aromatic rings. The zero-order chi connectivity index (χ0) is 13.8. The molecule has 100 valence electrons. The lowest BCUT2D eigenvalue weighted by atomic mass is 10.2. The van der Waals surface area contributed by atoms with E-state index < -0.39 is 5.97 Å². The first-order chi connectivity index (χ1) is 9.15. The Morgan fingerprint density at radius 3 is 2.63 bits per heavy atom. The molecular formula is C14H15NO3S. The summed E-state index contributed by atoms with van der Waals surface area (Å²) >= 11 is 1.29. The minimum absolute atomic E-state index is 0.0406. The molecule has 0 spiro atoms. The van der Waals surface area contributed by atoms with Crippen molar-refractivity contribution in [2.45, 2.75) is 13.3 Å². The standard InChI is InChI=1S/C14H15NO3S/c1-9-3-5-10(6-4-9)13-15-11(7-8-16)12(19-13)14(17)18-2/h3-6,16H,7-8H2,1-2H3. The molecule has 5 heteroatoms. The van der Waals surface area contributed by atoms with Crippen molar-refractivity contribution in [3.63, 3.8) is 0 Å². The zero-order valence-corrected chi connectivity index (χ0v) is 11.7. The summed E-state index contributed by atoms with van der Waals surface area (Å²) in [6.45, 7) is 1.98. The third kappa shape index (κ3) is 3.00. The van der Waals surface area contributed by atoms with Gasteiger partial charge in [0.15, 0.2) is 0 Å². The van der Waals surface area contributed by atoms with Crippen molar-refractivity contribution in [1.82, 2.24) is 4.98 Å². The quantitative estimate of drug-likeness (QED) is 0.872. The van der Waals surface area contributed by atoms with Crippen LogP contribution in [0, 0.1) is 6.92 Å². The van der Waals surface area contributed by atoms with E-state index in [2.05, 4.69) is 4.98 Å². The number of methoxy groups -OCH3 is 1. The van der Waals surface area contributed by atoms with Gasteiger partial charge < -0.3 is 9.84 Å². The minimum atomic E-state index is -0.403. The van der Waals surface area contributed by atoms with Gasteiger partial charge in [-0.05, 0) is 6.92 Å². The fourth-order valence-corrected chi connectivity index (χ4v) is 2.73. The van der Waals surface area contributed by atoms with Crippen LogP contribution in [0.2, 0.25) is 0 Å². The third-order valence-electron chi connectivity index (χ3n) is 2.72. The van der Waals surface area contributed by atoms with Gasteiger partial charge in [0.25, 0.3) is 0 Å². The maximum absolute atomic E-state index is 11.7. The molecule has 1 heterocycles. The molecule has 0 aliphatic heterocycles. The van der Waals surface area contributed by atoms with E-state index in [1.807, 2.05) is 31.2 Å². The molecular weight excluding hydrogens is 262 g/mol. The number of aliphatic hydroxyl groups is 1. The fraction of sp³-hybridized carbons (Fsp3) is 0.286. The highest BCUT2D eigenvalue weighted by Gasteiger charge is 2.18. The van der Waals surface area contributed by atoms with Gasteiger partial charge >= 0.3 is 5.97 Å². The summed E-state index contributed by atoms with van der Waals surface area (Å²) in [4.78, 5) is 16.6. The first-order valence-electron chi connectivity index (χ1n) is 5.91. The van der Waals surface area contributed by atoms with Gasteiger partial charge in [-0.3, -0.25) is 0 Å². The SMILES string of the molecule is COC(=O)c1sc(-c2ccc(C)cc2)nc1CCO. The lowest BCUT2D eigenvalue weighted by Crippen LogP contribution is -2.04. The summed E-state index contributed by atoms with van der Waals surface area (Å²) < 4.78 is 4.74. The molecule has 19 heavy (non-hydrogen) atoms. The summed E-state index contributed by atoms with van der Waals surface area (Å²) in [6, 6.07) is 7.94. The average molecular weight is 277 g/mol. The van der Waals surface area contributed by atoms with Crippen molar-refractivity contribution >= 4 is 17.3 Å². The first kappa shape index (κ1) is 13.7. The van der Waals surface area contributed by atoms with Crippen molar-refractivity contribution in [2.24, 2.45) is 0 Å². The fourth-order valence-electron chi connectivity index (χ4n) is 1.70. The van der Waals surface area contributed by atoms with Crippen molar-refractivity contribution in [3.8, 4) is 10.6 Å². The van der Waals surface area contributed by atoms with E-state index >= 15 is 0 Å². The second-order valence-corrected chi connectivity index (χ2v) is 5.13. The van der Waals surface area contributed by atoms with Crippen molar-refractivity contribution < 1.29 is 14.6 Å². The predicted molar refractivity (Wildman–Crippen MR) is 74.4 cm³/mol. The van der Waals surface area contributed by atoms with Crippen LogP contribution in [0.1, 0.15) is 20.9 Å². The van der Waals surface area contributed by atoms with Crippen molar-refractivity contribution in [1.29, 1.82) is 0 Å². The molecule has 0 aliphatic rings. The van der Waals surface area contributed by atoms with Gasteiger partial charge in [0.05, 0.1) is 12.8 Å². The summed E-state index contributed by atoms with van der Waals surface area (Å²) in [7, 11) is 1.34. The monoisotopic (exact) mass is 277 g/mol. The van der Waals surface area contributed by atoms with Gasteiger partial charge in [-0.25, -0.2) is 9.78 Å². The van der Waals surface area contributed by atoms with E-state index in [9.17, 15) is 4.79 Å². The second kappa shape index (κ2) is 5.95. The normalized spacial score (nSPS) is 10.5. The Morgan fingerprint density at radius 1 is 1.37 bits per heavy atom. The molecule has 1 aromatic carbocycles. The van der Waals surface area contributed by atoms with E-state index in [1.165, 1.54) is 24.0 Å². The lowest BCUT2D eigenvalue weighted by molar-refractivity contribution is 0.0604.